The van der Waals surface area contributed by atoms with Crippen LogP contribution < -0.4 is 4.74 Å². The largest absolute Gasteiger partial charge is 0.494 e. The van der Waals surface area contributed by atoms with Gasteiger partial charge in [-0.1, -0.05) is 30.3 Å². The van der Waals surface area contributed by atoms with Crippen LogP contribution in [0.5, 0.6) is 11.6 Å². The summed E-state index contributed by atoms with van der Waals surface area (Å²) in [7, 11) is 1.77. The van der Waals surface area contributed by atoms with Gasteiger partial charge in [0.2, 0.25) is 0 Å². The van der Waals surface area contributed by atoms with Crippen LogP contribution in [0.4, 0.5) is 0 Å². The molecule has 3 nitrogen and oxygen atoms in total. The van der Waals surface area contributed by atoms with Gasteiger partial charge in [-0.3, -0.25) is 0 Å². The van der Waals surface area contributed by atoms with E-state index in [9.17, 15) is 5.11 Å². The van der Waals surface area contributed by atoms with Gasteiger partial charge in [0.25, 0.3) is 0 Å². The predicted molar refractivity (Wildman–Crippen MR) is 57.9 cm³/mol. The molecule has 0 amide bonds. The number of aromatic nitrogens is 1. The number of nitrogens with zero attached hydrogens (tertiary/aromatic N) is 1. The van der Waals surface area contributed by atoms with Crippen LogP contribution in [0, 0.1) is 0 Å². The highest BCUT2D eigenvalue weighted by molar-refractivity contribution is 5.28. The number of rotatable bonds is 3. The lowest BCUT2D eigenvalue weighted by Gasteiger charge is -2.02. The van der Waals surface area contributed by atoms with Gasteiger partial charge in [-0.15, -0.1) is 0 Å². The minimum Gasteiger partial charge on any atom is -0.494 e. The van der Waals surface area contributed by atoms with Crippen LogP contribution >= 0.6 is 0 Å². The van der Waals surface area contributed by atoms with E-state index in [-0.39, 0.29) is 5.88 Å². The van der Waals surface area contributed by atoms with Gasteiger partial charge < -0.3 is 14.4 Å². The molecule has 1 aromatic heterocycles. The number of aromatic hydroxyl groups is 1. The van der Waals surface area contributed by atoms with Crippen molar-refractivity contribution in [2.45, 2.75) is 6.61 Å². The zero-order valence-electron chi connectivity index (χ0n) is 8.55. The van der Waals surface area contributed by atoms with E-state index < -0.39 is 0 Å². The first-order valence-electron chi connectivity index (χ1n) is 4.78. The Bertz CT molecular complexity index is 415. The van der Waals surface area contributed by atoms with Crippen molar-refractivity contribution in [2.75, 3.05) is 0 Å². The molecule has 2 aromatic rings. The van der Waals surface area contributed by atoms with Gasteiger partial charge in [0, 0.05) is 19.3 Å². The molecule has 2 rings (SSSR count). The number of hydrogen-bond donors (Lipinski definition) is 1. The van der Waals surface area contributed by atoms with Crippen molar-refractivity contribution >= 4 is 0 Å². The van der Waals surface area contributed by atoms with Crippen LogP contribution in [-0.2, 0) is 13.7 Å². The van der Waals surface area contributed by atoms with Crippen molar-refractivity contribution in [2.24, 2.45) is 7.05 Å². The van der Waals surface area contributed by atoms with Crippen molar-refractivity contribution in [3.8, 4) is 11.6 Å². The zero-order valence-corrected chi connectivity index (χ0v) is 8.55. The lowest BCUT2D eigenvalue weighted by Crippen LogP contribution is -1.93. The van der Waals surface area contributed by atoms with Crippen molar-refractivity contribution in [1.82, 2.24) is 4.57 Å². The van der Waals surface area contributed by atoms with E-state index in [1.807, 2.05) is 30.3 Å². The molecule has 0 radical (unpaired) electrons. The van der Waals surface area contributed by atoms with Crippen LogP contribution in [0.1, 0.15) is 5.56 Å². The molecule has 0 aliphatic rings. The van der Waals surface area contributed by atoms with Crippen LogP contribution in [0.3, 0.4) is 0 Å². The molecule has 0 bridgehead atoms. The molecule has 0 saturated heterocycles. The Labute approximate surface area is 88.5 Å². The Morgan fingerprint density at radius 3 is 2.60 bits per heavy atom. The summed E-state index contributed by atoms with van der Waals surface area (Å²) >= 11 is 0. The lowest BCUT2D eigenvalue weighted by molar-refractivity contribution is 0.306. The average molecular weight is 203 g/mol. The SMILES string of the molecule is Cn1cc(OCc2ccccc2)cc1O. The normalized spacial score (nSPS) is 10.2. The highest BCUT2D eigenvalue weighted by atomic mass is 16.5. The molecular weight excluding hydrogens is 190 g/mol. The topological polar surface area (TPSA) is 34.4 Å². The molecule has 78 valence electrons. The third-order valence-electron chi connectivity index (χ3n) is 2.20. The molecule has 1 N–H and O–H groups in total. The molecule has 0 spiro atoms. The molecule has 3 heteroatoms. The molecule has 0 fully saturated rings. The van der Waals surface area contributed by atoms with Crippen LogP contribution in [0.25, 0.3) is 0 Å². The number of benzene rings is 1. The van der Waals surface area contributed by atoms with Gasteiger partial charge in [-0.25, -0.2) is 0 Å². The highest BCUT2D eigenvalue weighted by Gasteiger charge is 2.01. The second kappa shape index (κ2) is 4.09. The first-order valence-corrected chi connectivity index (χ1v) is 4.78. The van der Waals surface area contributed by atoms with Crippen LogP contribution in [-0.4, -0.2) is 9.67 Å². The monoisotopic (exact) mass is 203 g/mol. The van der Waals surface area contributed by atoms with E-state index in [1.54, 1.807) is 23.9 Å². The molecule has 1 heterocycles. The van der Waals surface area contributed by atoms with Crippen molar-refractivity contribution in [3.63, 3.8) is 0 Å². The third-order valence-corrected chi connectivity index (χ3v) is 2.20. The molecule has 0 aliphatic carbocycles. The van der Waals surface area contributed by atoms with E-state index in [4.69, 9.17) is 4.74 Å². The molecular formula is C12H13NO2. The summed E-state index contributed by atoms with van der Waals surface area (Å²) in [5.41, 5.74) is 1.11. The Morgan fingerprint density at radius 2 is 2.00 bits per heavy atom. The summed E-state index contributed by atoms with van der Waals surface area (Å²) < 4.78 is 7.12. The van der Waals surface area contributed by atoms with Crippen molar-refractivity contribution in [3.05, 3.63) is 48.2 Å². The van der Waals surface area contributed by atoms with E-state index in [0.717, 1.165) is 5.56 Å². The molecule has 0 unspecified atom stereocenters. The summed E-state index contributed by atoms with van der Waals surface area (Å²) in [6, 6.07) is 11.5. The summed E-state index contributed by atoms with van der Waals surface area (Å²) in [5.74, 6) is 0.886. The Morgan fingerprint density at radius 1 is 1.27 bits per heavy atom. The standard InChI is InChI=1S/C12H13NO2/c1-13-8-11(7-12(13)14)15-9-10-5-3-2-4-6-10/h2-8,14H,9H2,1H3. The Hall–Kier alpha value is -1.90. The maximum Gasteiger partial charge on any atom is 0.194 e. The number of ether oxygens (including phenoxy) is 1. The first-order chi connectivity index (χ1) is 7.25. The summed E-state index contributed by atoms with van der Waals surface area (Å²) in [6.07, 6.45) is 1.75. The van der Waals surface area contributed by atoms with E-state index in [0.29, 0.717) is 12.4 Å². The van der Waals surface area contributed by atoms with Crippen molar-refractivity contribution in [1.29, 1.82) is 0 Å². The lowest BCUT2D eigenvalue weighted by atomic mass is 10.2. The molecule has 0 atom stereocenters. The van der Waals surface area contributed by atoms with E-state index >= 15 is 0 Å². The molecule has 0 saturated carbocycles. The fourth-order valence-corrected chi connectivity index (χ4v) is 1.34. The minimum atomic E-state index is 0.207. The highest BCUT2D eigenvalue weighted by Crippen LogP contribution is 2.20. The van der Waals surface area contributed by atoms with Gasteiger partial charge in [0.15, 0.2) is 5.88 Å². The number of aryl methyl sites for hydroxylation is 1. The Balaban J connectivity index is 1.99. The van der Waals surface area contributed by atoms with Gasteiger partial charge in [-0.05, 0) is 5.56 Å². The summed E-state index contributed by atoms with van der Waals surface area (Å²) in [6.45, 7) is 0.518. The maximum absolute atomic E-state index is 9.32. The van der Waals surface area contributed by atoms with Crippen LogP contribution in [0.2, 0.25) is 0 Å². The average Bonchev–Trinajstić information content (AvgIpc) is 2.57. The quantitative estimate of drug-likeness (QED) is 0.830. The van der Waals surface area contributed by atoms with Gasteiger partial charge in [-0.2, -0.15) is 0 Å². The van der Waals surface area contributed by atoms with Crippen molar-refractivity contribution < 1.29 is 9.84 Å². The third kappa shape index (κ3) is 2.31. The van der Waals surface area contributed by atoms with Gasteiger partial charge >= 0.3 is 0 Å². The second-order valence-corrected chi connectivity index (χ2v) is 3.42. The second-order valence-electron chi connectivity index (χ2n) is 3.42. The fraction of sp³-hybridized carbons (Fsp3) is 0.167. The first kappa shape index (κ1) is 9.65. The molecule has 15 heavy (non-hydrogen) atoms. The Kier molecular flexibility index (Phi) is 2.63. The van der Waals surface area contributed by atoms with E-state index in [2.05, 4.69) is 0 Å². The summed E-state index contributed by atoms with van der Waals surface area (Å²) in [5, 5.41) is 9.32. The molecule has 0 aliphatic heterocycles. The van der Waals surface area contributed by atoms with Crippen LogP contribution in [0.15, 0.2) is 42.6 Å². The zero-order chi connectivity index (χ0) is 10.7. The van der Waals surface area contributed by atoms with Gasteiger partial charge in [0.1, 0.15) is 12.4 Å². The smallest absolute Gasteiger partial charge is 0.194 e. The predicted octanol–water partition coefficient (Wildman–Crippen LogP) is 2.31. The maximum atomic E-state index is 9.32. The minimum absolute atomic E-state index is 0.207. The fourth-order valence-electron chi connectivity index (χ4n) is 1.34. The molecule has 1 aromatic carbocycles. The van der Waals surface area contributed by atoms with E-state index in [1.165, 1.54) is 0 Å². The van der Waals surface area contributed by atoms with Gasteiger partial charge in [0.05, 0.1) is 0 Å². The summed E-state index contributed by atoms with van der Waals surface area (Å²) in [4.78, 5) is 0. The number of hydrogen-bond acceptors (Lipinski definition) is 2.